The molecule has 374 valence electrons. The molecule has 0 saturated carbocycles. The molecule has 4 heteroatoms. The molecule has 0 aromatic heterocycles. The quantitative estimate of drug-likeness (QED) is 0.0946. The average Bonchev–Trinajstić information content (AvgIpc) is 3.52. The standard InChI is InChI=1S/C72H64N2O2/c1-43(2)63-37-53(38-64(44(3)4)69(63)73-41-51-25-19-33-61(71(51)75)67-57-29-13-9-21-47(57)35-48-22-10-14-30-58(48)67)55-27-17-18-28-56(55)54-39-65(45(5)6)70(66(40-54)46(7)8)74-42-52-26-20-34-62(72(52)76)68-59-31-15-11-23-49(59)36-50-24-12-16-32-60(50)68/h9-46,75-76H,1-8H3. The van der Waals surface area contributed by atoms with Gasteiger partial charge in [0.25, 0.3) is 0 Å². The third-order valence-electron chi connectivity index (χ3n) is 15.3. The Labute approximate surface area is 447 Å². The molecule has 0 aliphatic rings. The van der Waals surface area contributed by atoms with Crippen molar-refractivity contribution in [1.82, 2.24) is 0 Å². The van der Waals surface area contributed by atoms with Gasteiger partial charge in [0.15, 0.2) is 0 Å². The smallest absolute Gasteiger partial charge is 0.132 e. The van der Waals surface area contributed by atoms with Gasteiger partial charge >= 0.3 is 0 Å². The number of phenols is 2. The van der Waals surface area contributed by atoms with E-state index >= 15 is 0 Å². The van der Waals surface area contributed by atoms with Crippen molar-refractivity contribution in [3.63, 3.8) is 0 Å². The molecule has 0 unspecified atom stereocenters. The Bertz CT molecular complexity index is 3670. The van der Waals surface area contributed by atoms with Crippen molar-refractivity contribution in [2.45, 2.75) is 79.1 Å². The molecular formula is C72H64N2O2. The second-order valence-electron chi connectivity index (χ2n) is 21.6. The number of phenolic OH excluding ortho intramolecular Hbond substituents is 2. The highest BCUT2D eigenvalue weighted by Gasteiger charge is 2.23. The molecule has 0 atom stereocenters. The summed E-state index contributed by atoms with van der Waals surface area (Å²) in [4.78, 5) is 10.6. The fourth-order valence-electron chi connectivity index (χ4n) is 11.3. The topological polar surface area (TPSA) is 65.2 Å². The summed E-state index contributed by atoms with van der Waals surface area (Å²) in [6.45, 7) is 17.9. The van der Waals surface area contributed by atoms with Crippen LogP contribution in [0.15, 0.2) is 204 Å². The van der Waals surface area contributed by atoms with Crippen LogP contribution in [-0.2, 0) is 0 Å². The van der Waals surface area contributed by atoms with Crippen LogP contribution in [0.1, 0.15) is 112 Å². The van der Waals surface area contributed by atoms with Gasteiger partial charge in [-0.1, -0.05) is 201 Å². The van der Waals surface area contributed by atoms with Crippen LogP contribution in [0.25, 0.3) is 87.6 Å². The molecule has 11 rings (SSSR count). The van der Waals surface area contributed by atoms with E-state index in [1.807, 2.05) is 48.8 Å². The highest BCUT2D eigenvalue weighted by Crippen LogP contribution is 2.47. The first-order valence-electron chi connectivity index (χ1n) is 26.9. The third-order valence-corrected chi connectivity index (χ3v) is 15.3. The summed E-state index contributed by atoms with van der Waals surface area (Å²) in [5.74, 6) is 1.11. The summed E-state index contributed by atoms with van der Waals surface area (Å²) in [5, 5.41) is 33.2. The maximum atomic E-state index is 12.1. The van der Waals surface area contributed by atoms with Crippen LogP contribution in [-0.4, -0.2) is 22.6 Å². The van der Waals surface area contributed by atoms with Crippen LogP contribution in [0, 0.1) is 0 Å². The molecule has 0 spiro atoms. The number of aromatic hydroxyl groups is 2. The molecule has 11 aromatic carbocycles. The van der Waals surface area contributed by atoms with Gasteiger partial charge in [-0.25, -0.2) is 0 Å². The molecule has 0 aliphatic heterocycles. The fraction of sp³-hybridized carbons (Fsp3) is 0.167. The highest BCUT2D eigenvalue weighted by atomic mass is 16.3. The first-order chi connectivity index (χ1) is 36.9. The Morgan fingerprint density at radius 2 is 0.592 bits per heavy atom. The number of benzene rings is 11. The highest BCUT2D eigenvalue weighted by molar-refractivity contribution is 6.15. The molecule has 0 saturated heterocycles. The third kappa shape index (κ3) is 9.13. The molecule has 4 nitrogen and oxygen atoms in total. The number of rotatable bonds is 12. The van der Waals surface area contributed by atoms with E-state index in [1.165, 1.54) is 0 Å². The number of hydrogen-bond acceptors (Lipinski definition) is 4. The summed E-state index contributed by atoms with van der Waals surface area (Å²) in [7, 11) is 0. The molecule has 0 fully saturated rings. The molecular weight excluding hydrogens is 925 g/mol. The zero-order valence-electron chi connectivity index (χ0n) is 44.7. The largest absolute Gasteiger partial charge is 0.507 e. The second kappa shape index (κ2) is 20.6. The Kier molecular flexibility index (Phi) is 13.4. The van der Waals surface area contributed by atoms with E-state index in [0.717, 1.165) is 121 Å². The second-order valence-corrected chi connectivity index (χ2v) is 21.6. The van der Waals surface area contributed by atoms with E-state index in [-0.39, 0.29) is 35.2 Å². The van der Waals surface area contributed by atoms with Crippen molar-refractivity contribution in [1.29, 1.82) is 0 Å². The van der Waals surface area contributed by atoms with Crippen molar-refractivity contribution in [3.8, 4) is 56.0 Å². The van der Waals surface area contributed by atoms with E-state index in [0.29, 0.717) is 11.1 Å². The first kappa shape index (κ1) is 49.6. The van der Waals surface area contributed by atoms with E-state index < -0.39 is 0 Å². The Morgan fingerprint density at radius 1 is 0.316 bits per heavy atom. The molecule has 0 amide bonds. The summed E-state index contributed by atoms with van der Waals surface area (Å²) in [5.41, 5.74) is 16.0. The normalized spacial score (nSPS) is 12.2. The maximum absolute atomic E-state index is 12.1. The summed E-state index contributed by atoms with van der Waals surface area (Å²) in [6, 6.07) is 68.1. The van der Waals surface area contributed by atoms with E-state index in [4.69, 9.17) is 9.98 Å². The molecule has 0 heterocycles. The van der Waals surface area contributed by atoms with Gasteiger partial charge in [0.1, 0.15) is 11.5 Å². The lowest BCUT2D eigenvalue weighted by molar-refractivity contribution is 0.476. The number of fused-ring (bicyclic) bond motifs is 4. The van der Waals surface area contributed by atoms with Crippen LogP contribution in [0.4, 0.5) is 11.4 Å². The summed E-state index contributed by atoms with van der Waals surface area (Å²) in [6.07, 6.45) is 3.70. The van der Waals surface area contributed by atoms with E-state index in [9.17, 15) is 10.2 Å². The number of nitrogens with zero attached hydrogens (tertiary/aromatic N) is 2. The zero-order chi connectivity index (χ0) is 52.8. The van der Waals surface area contributed by atoms with Gasteiger partial charge in [0.05, 0.1) is 11.4 Å². The number of para-hydroxylation sites is 2. The van der Waals surface area contributed by atoms with E-state index in [2.05, 4.69) is 213 Å². The number of aliphatic imine (C=N–C) groups is 2. The van der Waals surface area contributed by atoms with Crippen molar-refractivity contribution in [2.75, 3.05) is 0 Å². The molecule has 2 N–H and O–H groups in total. The van der Waals surface area contributed by atoms with Crippen LogP contribution >= 0.6 is 0 Å². The van der Waals surface area contributed by atoms with Crippen molar-refractivity contribution in [3.05, 3.63) is 228 Å². The van der Waals surface area contributed by atoms with Gasteiger partial charge in [-0.2, -0.15) is 0 Å². The van der Waals surface area contributed by atoms with Crippen molar-refractivity contribution in [2.24, 2.45) is 9.98 Å². The minimum Gasteiger partial charge on any atom is -0.507 e. The van der Waals surface area contributed by atoms with Gasteiger partial charge < -0.3 is 10.2 Å². The lowest BCUT2D eigenvalue weighted by Crippen LogP contribution is -2.00. The van der Waals surface area contributed by atoms with Crippen molar-refractivity contribution >= 4 is 66.9 Å². The Morgan fingerprint density at radius 3 is 0.895 bits per heavy atom. The van der Waals surface area contributed by atoms with Crippen LogP contribution in [0.5, 0.6) is 11.5 Å². The van der Waals surface area contributed by atoms with E-state index in [1.54, 1.807) is 0 Å². The summed E-state index contributed by atoms with van der Waals surface area (Å²) < 4.78 is 0. The molecule has 0 bridgehead atoms. The maximum Gasteiger partial charge on any atom is 0.132 e. The minimum absolute atomic E-state index is 0.169. The first-order valence-corrected chi connectivity index (χ1v) is 26.9. The fourth-order valence-corrected chi connectivity index (χ4v) is 11.3. The SMILES string of the molecule is CC(C)c1cc(-c2ccccc2-c2cc(C(C)C)c(N=Cc3cccc(-c4c5ccccc5cc5ccccc45)c3O)c(C(C)C)c2)cc(C(C)C)c1N=Cc1cccc(-c2c3ccccc3cc3ccccc23)c1O. The van der Waals surface area contributed by atoms with Gasteiger partial charge in [0, 0.05) is 45.8 Å². The van der Waals surface area contributed by atoms with Crippen LogP contribution < -0.4 is 0 Å². The zero-order valence-corrected chi connectivity index (χ0v) is 44.7. The lowest BCUT2D eigenvalue weighted by Gasteiger charge is -2.22. The summed E-state index contributed by atoms with van der Waals surface area (Å²) >= 11 is 0. The van der Waals surface area contributed by atoms with Gasteiger partial charge in [0.2, 0.25) is 0 Å². The van der Waals surface area contributed by atoms with Crippen LogP contribution in [0.2, 0.25) is 0 Å². The molecule has 0 aliphatic carbocycles. The molecule has 0 radical (unpaired) electrons. The van der Waals surface area contributed by atoms with Crippen molar-refractivity contribution < 1.29 is 10.2 Å². The minimum atomic E-state index is 0.169. The predicted molar refractivity (Wildman–Crippen MR) is 325 cm³/mol. The molecule has 11 aromatic rings. The predicted octanol–water partition coefficient (Wildman–Crippen LogP) is 20.4. The Hall–Kier alpha value is -8.60. The number of hydrogen-bond donors (Lipinski definition) is 2. The van der Waals surface area contributed by atoms with Gasteiger partial charge in [-0.05, 0) is 160 Å². The van der Waals surface area contributed by atoms with Gasteiger partial charge in [-0.15, -0.1) is 0 Å². The van der Waals surface area contributed by atoms with Crippen LogP contribution in [0.3, 0.4) is 0 Å². The monoisotopic (exact) mass is 988 g/mol. The lowest BCUT2D eigenvalue weighted by atomic mass is 9.84. The molecule has 76 heavy (non-hydrogen) atoms. The Balaban J connectivity index is 0.981. The van der Waals surface area contributed by atoms with Gasteiger partial charge in [-0.3, -0.25) is 9.98 Å². The average molecular weight is 989 g/mol.